The summed E-state index contributed by atoms with van der Waals surface area (Å²) in [6, 6.07) is 14.7. The highest BCUT2D eigenvalue weighted by molar-refractivity contribution is 9.10. The van der Waals surface area contributed by atoms with Crippen molar-refractivity contribution < 1.29 is 24.2 Å². The maximum Gasteiger partial charge on any atom is 0.354 e. The third-order valence-corrected chi connectivity index (χ3v) is 3.75. The van der Waals surface area contributed by atoms with Crippen molar-refractivity contribution in [2.45, 2.75) is 6.61 Å². The molecule has 0 fully saturated rings. The number of anilines is 1. The maximum atomic E-state index is 11.7. The third kappa shape index (κ3) is 5.36. The summed E-state index contributed by atoms with van der Waals surface area (Å²) in [6.07, 6.45) is 0.633. The molecule has 2 aromatic carbocycles. The van der Waals surface area contributed by atoms with Crippen LogP contribution in [-0.4, -0.2) is 19.0 Å². The Balaban J connectivity index is 2.27. The molecule has 25 heavy (non-hydrogen) atoms. The van der Waals surface area contributed by atoms with Crippen molar-refractivity contribution in [3.05, 3.63) is 70.3 Å². The normalized spacial score (nSPS) is 10.9. The van der Waals surface area contributed by atoms with Gasteiger partial charge in [0.05, 0.1) is 23.2 Å². The number of halogens is 1. The van der Waals surface area contributed by atoms with E-state index in [1.807, 2.05) is 30.3 Å². The molecule has 0 radical (unpaired) electrons. The fraction of sp³-hybridized carbons (Fsp3) is 0.111. The summed E-state index contributed by atoms with van der Waals surface area (Å²) in [4.78, 5) is 22.5. The molecule has 1 N–H and O–H groups in total. The minimum absolute atomic E-state index is 0.273. The molecule has 130 valence electrons. The van der Waals surface area contributed by atoms with Crippen molar-refractivity contribution in [3.8, 4) is 5.75 Å². The Hall–Kier alpha value is -2.80. The number of carboxylic acid groups (broad SMARTS) is 1. The van der Waals surface area contributed by atoms with Gasteiger partial charge in [-0.05, 0) is 39.7 Å². The summed E-state index contributed by atoms with van der Waals surface area (Å²) < 4.78 is 11.0. The predicted molar refractivity (Wildman–Crippen MR) is 93.6 cm³/mol. The summed E-state index contributed by atoms with van der Waals surface area (Å²) in [6.45, 7) is 0.301. The number of carbonyl (C=O) groups is 2. The van der Waals surface area contributed by atoms with Gasteiger partial charge in [-0.2, -0.15) is 0 Å². The molecule has 0 atom stereocenters. The summed E-state index contributed by atoms with van der Waals surface area (Å²) in [5.41, 5.74) is 1.09. The van der Waals surface area contributed by atoms with Crippen LogP contribution in [-0.2, 0) is 20.9 Å². The lowest BCUT2D eigenvalue weighted by atomic mass is 10.2. The fourth-order valence-electron chi connectivity index (χ4n) is 2.00. The first-order chi connectivity index (χ1) is 12.0. The molecule has 2 rings (SSSR count). The Morgan fingerprint density at radius 1 is 1.16 bits per heavy atom. The van der Waals surface area contributed by atoms with Crippen LogP contribution < -0.4 is 15.2 Å². The molecule has 6 nitrogen and oxygen atoms in total. The second-order valence-corrected chi connectivity index (χ2v) is 5.74. The first-order valence-corrected chi connectivity index (χ1v) is 8.04. The Morgan fingerprint density at radius 2 is 1.88 bits per heavy atom. The first kappa shape index (κ1) is 18.5. The molecular formula is C18H15BrNO5-. The lowest BCUT2D eigenvalue weighted by molar-refractivity contribution is -0.297. The molecule has 0 spiro atoms. The zero-order valence-electron chi connectivity index (χ0n) is 13.3. The number of ether oxygens (including phenoxy) is 2. The van der Waals surface area contributed by atoms with Crippen LogP contribution in [0.15, 0.2) is 64.8 Å². The molecule has 0 bridgehead atoms. The van der Waals surface area contributed by atoms with Gasteiger partial charge in [0, 0.05) is 0 Å². The molecule has 0 heterocycles. The Bertz CT molecular complexity index is 789. The second kappa shape index (κ2) is 8.89. The van der Waals surface area contributed by atoms with E-state index in [1.54, 1.807) is 18.2 Å². The standard InChI is InChI=1S/C18H16BrNO5/c1-24-18(23)15(10-16(21)22)20-14-9-5-8-13(19)17(14)25-11-12-6-3-2-4-7-12/h2-10,20H,11H2,1H3,(H,21,22)/p-1. The van der Waals surface area contributed by atoms with Crippen LogP contribution in [0.25, 0.3) is 0 Å². The number of hydrogen-bond donors (Lipinski definition) is 1. The molecule has 0 saturated heterocycles. The highest BCUT2D eigenvalue weighted by atomic mass is 79.9. The van der Waals surface area contributed by atoms with Gasteiger partial charge in [0.1, 0.15) is 12.3 Å². The summed E-state index contributed by atoms with van der Waals surface area (Å²) in [7, 11) is 1.15. The molecule has 0 aliphatic carbocycles. The Morgan fingerprint density at radius 3 is 2.52 bits per heavy atom. The van der Waals surface area contributed by atoms with Gasteiger partial charge in [0.25, 0.3) is 0 Å². The summed E-state index contributed by atoms with van der Waals surface area (Å²) in [5, 5.41) is 13.5. The third-order valence-electron chi connectivity index (χ3n) is 3.13. The second-order valence-electron chi connectivity index (χ2n) is 4.88. The quantitative estimate of drug-likeness (QED) is 0.562. The van der Waals surface area contributed by atoms with E-state index in [0.717, 1.165) is 12.7 Å². The molecule has 0 aliphatic rings. The predicted octanol–water partition coefficient (Wildman–Crippen LogP) is 2.25. The van der Waals surface area contributed by atoms with Crippen LogP contribution in [0.4, 0.5) is 5.69 Å². The molecule has 0 amide bonds. The number of nitrogens with one attached hydrogen (secondary N) is 1. The van der Waals surface area contributed by atoms with Gasteiger partial charge in [-0.1, -0.05) is 36.4 Å². The lowest BCUT2D eigenvalue weighted by Crippen LogP contribution is -2.23. The van der Waals surface area contributed by atoms with Crippen LogP contribution in [0, 0.1) is 0 Å². The number of benzene rings is 2. The first-order valence-electron chi connectivity index (χ1n) is 7.24. The fourth-order valence-corrected chi connectivity index (χ4v) is 2.48. The van der Waals surface area contributed by atoms with Gasteiger partial charge >= 0.3 is 5.97 Å². The average molecular weight is 405 g/mol. The highest BCUT2D eigenvalue weighted by Gasteiger charge is 2.15. The van der Waals surface area contributed by atoms with E-state index in [0.29, 0.717) is 28.6 Å². The van der Waals surface area contributed by atoms with Crippen LogP contribution in [0.2, 0.25) is 0 Å². The Labute approximate surface area is 153 Å². The van der Waals surface area contributed by atoms with E-state index < -0.39 is 11.9 Å². The number of hydrogen-bond acceptors (Lipinski definition) is 6. The number of esters is 1. The zero-order chi connectivity index (χ0) is 18.2. The minimum atomic E-state index is -1.52. The van der Waals surface area contributed by atoms with Crippen molar-refractivity contribution >= 4 is 33.6 Å². The average Bonchev–Trinajstić information content (AvgIpc) is 2.60. The van der Waals surface area contributed by atoms with E-state index in [2.05, 4.69) is 26.0 Å². The van der Waals surface area contributed by atoms with E-state index in [9.17, 15) is 14.7 Å². The molecule has 2 aromatic rings. The minimum Gasteiger partial charge on any atom is -0.545 e. The number of carboxylic acids is 1. The van der Waals surface area contributed by atoms with Gasteiger partial charge in [-0.25, -0.2) is 4.79 Å². The summed E-state index contributed by atoms with van der Waals surface area (Å²) in [5.74, 6) is -1.92. The Kier molecular flexibility index (Phi) is 6.59. The largest absolute Gasteiger partial charge is 0.545 e. The number of rotatable bonds is 7. The van der Waals surface area contributed by atoms with Crippen molar-refractivity contribution in [2.24, 2.45) is 0 Å². The van der Waals surface area contributed by atoms with E-state index >= 15 is 0 Å². The SMILES string of the molecule is COC(=O)C(=CC(=O)[O-])Nc1cccc(Br)c1OCc1ccccc1. The van der Waals surface area contributed by atoms with E-state index in [4.69, 9.17) is 4.74 Å². The smallest absolute Gasteiger partial charge is 0.354 e. The van der Waals surface area contributed by atoms with Crippen LogP contribution in [0.3, 0.4) is 0 Å². The molecule has 0 saturated carbocycles. The van der Waals surface area contributed by atoms with Gasteiger partial charge in [-0.3, -0.25) is 0 Å². The zero-order valence-corrected chi connectivity index (χ0v) is 14.9. The topological polar surface area (TPSA) is 87.7 Å². The van der Waals surface area contributed by atoms with Crippen molar-refractivity contribution in [2.75, 3.05) is 12.4 Å². The monoisotopic (exact) mass is 404 g/mol. The molecule has 0 unspecified atom stereocenters. The van der Waals surface area contributed by atoms with Gasteiger partial charge in [0.15, 0.2) is 5.75 Å². The van der Waals surface area contributed by atoms with Crippen molar-refractivity contribution in [3.63, 3.8) is 0 Å². The molecule has 0 aliphatic heterocycles. The van der Waals surface area contributed by atoms with Crippen molar-refractivity contribution in [1.82, 2.24) is 0 Å². The van der Waals surface area contributed by atoms with Crippen molar-refractivity contribution in [1.29, 1.82) is 0 Å². The van der Waals surface area contributed by atoms with Crippen LogP contribution >= 0.6 is 15.9 Å². The number of aliphatic carboxylic acids is 1. The number of methoxy groups -OCH3 is 1. The van der Waals surface area contributed by atoms with Crippen LogP contribution in [0.5, 0.6) is 5.75 Å². The van der Waals surface area contributed by atoms with E-state index in [-0.39, 0.29) is 5.70 Å². The number of para-hydroxylation sites is 1. The highest BCUT2D eigenvalue weighted by Crippen LogP contribution is 2.34. The van der Waals surface area contributed by atoms with Gasteiger partial charge in [-0.15, -0.1) is 0 Å². The molecule has 7 heteroatoms. The van der Waals surface area contributed by atoms with Gasteiger partial charge < -0.3 is 24.7 Å². The van der Waals surface area contributed by atoms with Gasteiger partial charge in [0.2, 0.25) is 0 Å². The van der Waals surface area contributed by atoms with Crippen LogP contribution in [0.1, 0.15) is 5.56 Å². The number of carbonyl (C=O) groups excluding carboxylic acids is 2. The molecular weight excluding hydrogens is 390 g/mol. The molecule has 0 aromatic heterocycles. The lowest BCUT2D eigenvalue weighted by Gasteiger charge is -2.16. The van der Waals surface area contributed by atoms with E-state index in [1.165, 1.54) is 0 Å². The summed E-state index contributed by atoms with van der Waals surface area (Å²) >= 11 is 3.39. The maximum absolute atomic E-state index is 11.7.